The number of phenolic OH excluding ortho intramolecular Hbond substituents is 1. The predicted molar refractivity (Wildman–Crippen MR) is 115 cm³/mol. The van der Waals surface area contributed by atoms with Gasteiger partial charge in [-0.15, -0.1) is 0 Å². The number of hydrogen-bond donors (Lipinski definition) is 6. The van der Waals surface area contributed by atoms with E-state index in [-0.39, 0.29) is 33.9 Å². The summed E-state index contributed by atoms with van der Waals surface area (Å²) in [6.45, 7) is -1.15. The standard InChI is InChI=1S/C23H24O12/c1-32-10-4-8(6-24)3-9-14(10)20(29)15-11(5-12(33-2)18(27)16(15)17(9)26)34-23-22(31)21(30)19(28)13(7-25)35-23/h3-5,13,19,21-25,27-28,30-31H,6-7H2,1-2H3. The first-order chi connectivity index (χ1) is 16.7. The summed E-state index contributed by atoms with van der Waals surface area (Å²) in [4.78, 5) is 27.0. The number of rotatable bonds is 6. The number of carbonyl (C=O) groups is 2. The first-order valence-corrected chi connectivity index (χ1v) is 10.5. The van der Waals surface area contributed by atoms with Crippen LogP contribution in [-0.4, -0.2) is 93.7 Å². The van der Waals surface area contributed by atoms with Gasteiger partial charge in [0.25, 0.3) is 0 Å². The van der Waals surface area contributed by atoms with Crippen molar-refractivity contribution in [3.05, 3.63) is 46.0 Å². The summed E-state index contributed by atoms with van der Waals surface area (Å²) >= 11 is 0. The van der Waals surface area contributed by atoms with Crippen LogP contribution in [-0.2, 0) is 11.3 Å². The molecular weight excluding hydrogens is 468 g/mol. The molecule has 2 aromatic rings. The number of hydrogen-bond acceptors (Lipinski definition) is 12. The molecule has 1 aliphatic heterocycles. The van der Waals surface area contributed by atoms with Gasteiger partial charge < -0.3 is 49.6 Å². The van der Waals surface area contributed by atoms with Crippen LogP contribution in [0.1, 0.15) is 37.4 Å². The molecule has 0 amide bonds. The molecule has 0 radical (unpaired) electrons. The zero-order valence-electron chi connectivity index (χ0n) is 18.7. The van der Waals surface area contributed by atoms with Gasteiger partial charge in [0.05, 0.1) is 44.1 Å². The average molecular weight is 492 g/mol. The van der Waals surface area contributed by atoms with Gasteiger partial charge in [0.1, 0.15) is 35.9 Å². The molecule has 35 heavy (non-hydrogen) atoms. The number of ether oxygens (including phenoxy) is 4. The second-order valence-electron chi connectivity index (χ2n) is 8.03. The molecule has 4 rings (SSSR count). The van der Waals surface area contributed by atoms with Gasteiger partial charge in [-0.25, -0.2) is 0 Å². The molecule has 0 spiro atoms. The van der Waals surface area contributed by atoms with E-state index in [1.54, 1.807) is 0 Å². The summed E-state index contributed by atoms with van der Waals surface area (Å²) in [5.41, 5.74) is -0.782. The van der Waals surface area contributed by atoms with Gasteiger partial charge in [0.15, 0.2) is 17.3 Å². The maximum absolute atomic E-state index is 13.6. The number of aromatic hydroxyl groups is 1. The highest BCUT2D eigenvalue weighted by atomic mass is 16.7. The fourth-order valence-electron chi connectivity index (χ4n) is 4.21. The summed E-state index contributed by atoms with van der Waals surface area (Å²) in [5, 5.41) is 60.1. The van der Waals surface area contributed by atoms with Gasteiger partial charge in [0.2, 0.25) is 12.1 Å². The maximum Gasteiger partial charge on any atom is 0.229 e. The summed E-state index contributed by atoms with van der Waals surface area (Å²) < 4.78 is 21.4. The summed E-state index contributed by atoms with van der Waals surface area (Å²) in [6.07, 6.45) is -8.16. The van der Waals surface area contributed by atoms with Crippen molar-refractivity contribution in [2.75, 3.05) is 20.8 Å². The Kier molecular flexibility index (Phi) is 6.68. The molecular formula is C23H24O12. The number of methoxy groups -OCH3 is 2. The molecule has 1 saturated heterocycles. The summed E-state index contributed by atoms with van der Waals surface area (Å²) in [5.74, 6) is -2.76. The molecule has 5 atom stereocenters. The molecule has 5 unspecified atom stereocenters. The number of benzene rings is 2. The number of fused-ring (bicyclic) bond motifs is 2. The summed E-state index contributed by atoms with van der Waals surface area (Å²) in [7, 11) is 2.48. The average Bonchev–Trinajstić information content (AvgIpc) is 2.87. The van der Waals surface area contributed by atoms with E-state index in [1.807, 2.05) is 0 Å². The Morgan fingerprint density at radius 3 is 2.11 bits per heavy atom. The highest BCUT2D eigenvalue weighted by Gasteiger charge is 2.46. The fraction of sp³-hybridized carbons (Fsp3) is 0.391. The zero-order chi connectivity index (χ0) is 25.6. The molecule has 6 N–H and O–H groups in total. The van der Waals surface area contributed by atoms with Crippen LogP contribution in [0.15, 0.2) is 18.2 Å². The van der Waals surface area contributed by atoms with Gasteiger partial charge in [-0.1, -0.05) is 0 Å². The topological polar surface area (TPSA) is 192 Å². The van der Waals surface area contributed by atoms with Gasteiger partial charge in [0, 0.05) is 11.6 Å². The smallest absolute Gasteiger partial charge is 0.229 e. The number of aliphatic hydroxyl groups is 5. The molecule has 0 bridgehead atoms. The maximum atomic E-state index is 13.6. The summed E-state index contributed by atoms with van der Waals surface area (Å²) in [6, 6.07) is 3.79. The van der Waals surface area contributed by atoms with Crippen molar-refractivity contribution in [3.8, 4) is 23.0 Å². The monoisotopic (exact) mass is 492 g/mol. The Morgan fingerprint density at radius 1 is 0.829 bits per heavy atom. The highest BCUT2D eigenvalue weighted by molar-refractivity contribution is 6.31. The van der Waals surface area contributed by atoms with Gasteiger partial charge in [-0.3, -0.25) is 9.59 Å². The second kappa shape index (κ2) is 9.41. The van der Waals surface area contributed by atoms with Crippen LogP contribution in [0.25, 0.3) is 0 Å². The Morgan fingerprint density at radius 2 is 1.51 bits per heavy atom. The first kappa shape index (κ1) is 24.9. The third kappa shape index (κ3) is 3.89. The quantitative estimate of drug-likeness (QED) is 0.243. The molecule has 2 aliphatic rings. The van der Waals surface area contributed by atoms with Crippen molar-refractivity contribution in [1.82, 2.24) is 0 Å². The number of ketones is 2. The van der Waals surface area contributed by atoms with Crippen LogP contribution < -0.4 is 14.2 Å². The lowest BCUT2D eigenvalue weighted by Gasteiger charge is -2.40. The van der Waals surface area contributed by atoms with Crippen molar-refractivity contribution in [1.29, 1.82) is 0 Å². The number of carbonyl (C=O) groups excluding carboxylic acids is 2. The van der Waals surface area contributed by atoms with Crippen molar-refractivity contribution in [2.24, 2.45) is 0 Å². The van der Waals surface area contributed by atoms with E-state index in [2.05, 4.69) is 0 Å². The zero-order valence-corrected chi connectivity index (χ0v) is 18.7. The third-order valence-corrected chi connectivity index (χ3v) is 6.03. The van der Waals surface area contributed by atoms with E-state index in [1.165, 1.54) is 26.4 Å². The highest BCUT2D eigenvalue weighted by Crippen LogP contribution is 2.46. The van der Waals surface area contributed by atoms with E-state index >= 15 is 0 Å². The van der Waals surface area contributed by atoms with Crippen LogP contribution in [0.5, 0.6) is 23.0 Å². The van der Waals surface area contributed by atoms with Crippen LogP contribution in [0.2, 0.25) is 0 Å². The van der Waals surface area contributed by atoms with E-state index in [9.17, 15) is 40.2 Å². The molecule has 12 heteroatoms. The second-order valence-corrected chi connectivity index (χ2v) is 8.03. The first-order valence-electron chi connectivity index (χ1n) is 10.5. The molecule has 2 aromatic carbocycles. The lowest BCUT2D eigenvalue weighted by molar-refractivity contribution is -0.277. The molecule has 1 aliphatic carbocycles. The van der Waals surface area contributed by atoms with Crippen molar-refractivity contribution < 1.29 is 59.2 Å². The Bertz CT molecular complexity index is 1170. The SMILES string of the molecule is COc1cc(OC2OC(CO)C(O)C(O)C2O)c2c(c1O)C(=O)c1cc(CO)cc(OC)c1C2=O. The van der Waals surface area contributed by atoms with Crippen molar-refractivity contribution in [3.63, 3.8) is 0 Å². The van der Waals surface area contributed by atoms with Gasteiger partial charge in [-0.05, 0) is 17.7 Å². The minimum Gasteiger partial charge on any atom is -0.504 e. The van der Waals surface area contributed by atoms with Crippen molar-refractivity contribution >= 4 is 11.6 Å². The lowest BCUT2D eigenvalue weighted by Crippen LogP contribution is -2.60. The minimum absolute atomic E-state index is 0.00430. The fourth-order valence-corrected chi connectivity index (χ4v) is 4.21. The Hall–Kier alpha value is -3.26. The largest absolute Gasteiger partial charge is 0.504 e. The molecule has 1 heterocycles. The predicted octanol–water partition coefficient (Wildman–Crippen LogP) is -1.14. The number of aliphatic hydroxyl groups excluding tert-OH is 5. The molecule has 1 fully saturated rings. The van der Waals surface area contributed by atoms with Crippen LogP contribution >= 0.6 is 0 Å². The molecule has 0 saturated carbocycles. The lowest BCUT2D eigenvalue weighted by atomic mass is 9.81. The number of phenols is 1. The van der Waals surface area contributed by atoms with E-state index in [0.717, 1.165) is 6.07 Å². The van der Waals surface area contributed by atoms with E-state index in [0.29, 0.717) is 5.56 Å². The van der Waals surface area contributed by atoms with Crippen LogP contribution in [0.4, 0.5) is 0 Å². The van der Waals surface area contributed by atoms with Gasteiger partial charge >= 0.3 is 0 Å². The van der Waals surface area contributed by atoms with E-state index < -0.39 is 66.8 Å². The minimum atomic E-state index is -1.80. The Labute approximate surface area is 198 Å². The Balaban J connectivity index is 1.88. The third-order valence-electron chi connectivity index (χ3n) is 6.03. The van der Waals surface area contributed by atoms with Crippen LogP contribution in [0, 0.1) is 0 Å². The molecule has 188 valence electrons. The van der Waals surface area contributed by atoms with E-state index in [4.69, 9.17) is 18.9 Å². The molecule has 0 aromatic heterocycles. The van der Waals surface area contributed by atoms with Crippen molar-refractivity contribution in [2.45, 2.75) is 37.3 Å². The van der Waals surface area contributed by atoms with Gasteiger partial charge in [-0.2, -0.15) is 0 Å². The normalized spacial score (nSPS) is 25.6. The van der Waals surface area contributed by atoms with Crippen LogP contribution in [0.3, 0.4) is 0 Å². The molecule has 12 nitrogen and oxygen atoms in total.